The second-order valence-corrected chi connectivity index (χ2v) is 9.96. The van der Waals surface area contributed by atoms with Gasteiger partial charge in [0.25, 0.3) is 5.91 Å². The number of ether oxygens (including phenoxy) is 1. The van der Waals surface area contributed by atoms with E-state index in [9.17, 15) is 4.79 Å². The van der Waals surface area contributed by atoms with Crippen molar-refractivity contribution in [2.24, 2.45) is 7.05 Å². The van der Waals surface area contributed by atoms with Gasteiger partial charge in [-0.15, -0.1) is 0 Å². The Morgan fingerprint density at radius 1 is 1.11 bits per heavy atom. The lowest BCUT2D eigenvalue weighted by atomic mass is 9.89. The standard InChI is InChI=1S/C29H34N6O2/c1-33(2)29(36)21-7-5-19(6-8-21)20-12-15-35(16-13-20)18-22-17-24-23(11-14-31-27(24)34(22)3)26-10-9-25(30)28(32-26)37-4/h5-11,14,17,20H,12-13,15-16,18,30H2,1-4H3. The number of carbonyl (C=O) groups is 1. The van der Waals surface area contributed by atoms with Gasteiger partial charge < -0.3 is 19.9 Å². The van der Waals surface area contributed by atoms with Gasteiger partial charge in [-0.2, -0.15) is 0 Å². The van der Waals surface area contributed by atoms with Gasteiger partial charge in [0.2, 0.25) is 5.88 Å². The number of aryl methyl sites for hydroxylation is 1. The van der Waals surface area contributed by atoms with Gasteiger partial charge >= 0.3 is 0 Å². The SMILES string of the molecule is COc1nc(-c2ccnc3c2cc(CN2CCC(c4ccc(C(=O)N(C)C)cc4)CC2)n3C)ccc1N. The van der Waals surface area contributed by atoms with Crippen molar-refractivity contribution in [3.8, 4) is 17.1 Å². The monoisotopic (exact) mass is 498 g/mol. The molecule has 0 radical (unpaired) electrons. The summed E-state index contributed by atoms with van der Waals surface area (Å²) in [5, 5.41) is 1.07. The van der Waals surface area contributed by atoms with E-state index in [0.717, 1.165) is 60.3 Å². The van der Waals surface area contributed by atoms with Gasteiger partial charge in [0, 0.05) is 56.1 Å². The highest BCUT2D eigenvalue weighted by Crippen LogP contribution is 2.33. The molecule has 0 aliphatic carbocycles. The van der Waals surface area contributed by atoms with Crippen molar-refractivity contribution in [2.45, 2.75) is 25.3 Å². The van der Waals surface area contributed by atoms with E-state index in [1.807, 2.05) is 36.5 Å². The van der Waals surface area contributed by atoms with Crippen LogP contribution in [0.25, 0.3) is 22.3 Å². The number of rotatable bonds is 6. The summed E-state index contributed by atoms with van der Waals surface area (Å²) in [7, 11) is 7.22. The Hall–Kier alpha value is -3.91. The van der Waals surface area contributed by atoms with Crippen LogP contribution in [0.3, 0.4) is 0 Å². The van der Waals surface area contributed by atoms with E-state index < -0.39 is 0 Å². The summed E-state index contributed by atoms with van der Waals surface area (Å²) in [6.45, 7) is 2.93. The van der Waals surface area contributed by atoms with Crippen LogP contribution in [-0.2, 0) is 13.6 Å². The Balaban J connectivity index is 1.30. The molecule has 0 atom stereocenters. The molecular weight excluding hydrogens is 464 g/mol. The number of likely N-dealkylation sites (tertiary alicyclic amines) is 1. The highest BCUT2D eigenvalue weighted by molar-refractivity contribution is 5.94. The second kappa shape index (κ2) is 10.2. The van der Waals surface area contributed by atoms with Gasteiger partial charge in [-0.3, -0.25) is 9.69 Å². The molecule has 1 fully saturated rings. The van der Waals surface area contributed by atoms with Gasteiger partial charge in [-0.1, -0.05) is 12.1 Å². The largest absolute Gasteiger partial charge is 0.480 e. The molecular formula is C29H34N6O2. The molecule has 192 valence electrons. The molecule has 37 heavy (non-hydrogen) atoms. The molecule has 1 aliphatic heterocycles. The number of piperidine rings is 1. The summed E-state index contributed by atoms with van der Waals surface area (Å²) in [6, 6.07) is 16.1. The maximum absolute atomic E-state index is 12.2. The topological polar surface area (TPSA) is 89.5 Å². The zero-order valence-corrected chi connectivity index (χ0v) is 21.9. The molecule has 3 aromatic heterocycles. The molecule has 4 aromatic rings. The highest BCUT2D eigenvalue weighted by Gasteiger charge is 2.23. The number of aromatic nitrogens is 3. The van der Waals surface area contributed by atoms with Gasteiger partial charge in [0.1, 0.15) is 5.65 Å². The number of anilines is 1. The fourth-order valence-corrected chi connectivity index (χ4v) is 5.22. The molecule has 1 amide bonds. The Morgan fingerprint density at radius 2 is 1.84 bits per heavy atom. The number of hydrogen-bond donors (Lipinski definition) is 1. The minimum absolute atomic E-state index is 0.0419. The normalized spacial score (nSPS) is 14.7. The van der Waals surface area contributed by atoms with Crippen molar-refractivity contribution >= 4 is 22.6 Å². The summed E-state index contributed by atoms with van der Waals surface area (Å²) in [6.07, 6.45) is 4.03. The van der Waals surface area contributed by atoms with Crippen molar-refractivity contribution in [1.82, 2.24) is 24.3 Å². The average Bonchev–Trinajstić information content (AvgIpc) is 3.24. The third-order valence-electron chi connectivity index (χ3n) is 7.40. The van der Waals surface area contributed by atoms with Crippen molar-refractivity contribution in [2.75, 3.05) is 40.0 Å². The van der Waals surface area contributed by atoms with Gasteiger partial charge in [0.05, 0.1) is 18.5 Å². The second-order valence-electron chi connectivity index (χ2n) is 9.96. The maximum Gasteiger partial charge on any atom is 0.253 e. The first-order chi connectivity index (χ1) is 17.9. The molecule has 1 aromatic carbocycles. The molecule has 0 unspecified atom stereocenters. The van der Waals surface area contributed by atoms with Crippen LogP contribution < -0.4 is 10.5 Å². The lowest BCUT2D eigenvalue weighted by molar-refractivity contribution is 0.0827. The van der Waals surface area contributed by atoms with E-state index >= 15 is 0 Å². The molecule has 1 aliphatic rings. The Morgan fingerprint density at radius 3 is 2.51 bits per heavy atom. The Labute approximate surface area is 217 Å². The van der Waals surface area contributed by atoms with Gasteiger partial charge in [0.15, 0.2) is 0 Å². The third kappa shape index (κ3) is 4.89. The van der Waals surface area contributed by atoms with Gasteiger partial charge in [-0.05, 0) is 73.8 Å². The molecule has 0 saturated carbocycles. The van der Waals surface area contributed by atoms with Crippen molar-refractivity contribution in [3.63, 3.8) is 0 Å². The lowest BCUT2D eigenvalue weighted by Crippen LogP contribution is -2.33. The molecule has 8 nitrogen and oxygen atoms in total. The number of amides is 1. The number of nitrogens with two attached hydrogens (primary N) is 1. The van der Waals surface area contributed by atoms with Crippen LogP contribution >= 0.6 is 0 Å². The first-order valence-electron chi connectivity index (χ1n) is 12.6. The summed E-state index contributed by atoms with van der Waals surface area (Å²) >= 11 is 0. The van der Waals surface area contributed by atoms with E-state index in [1.54, 1.807) is 26.1 Å². The smallest absolute Gasteiger partial charge is 0.253 e. The van der Waals surface area contributed by atoms with E-state index in [1.165, 1.54) is 11.3 Å². The molecule has 4 heterocycles. The number of carbonyl (C=O) groups excluding carboxylic acids is 1. The van der Waals surface area contributed by atoms with Gasteiger partial charge in [-0.25, -0.2) is 9.97 Å². The number of nitrogen functional groups attached to an aromatic ring is 1. The number of benzene rings is 1. The quantitative estimate of drug-likeness (QED) is 0.426. The number of methoxy groups -OCH3 is 1. The fraction of sp³-hybridized carbons (Fsp3) is 0.345. The van der Waals surface area contributed by atoms with Crippen LogP contribution in [0.5, 0.6) is 5.88 Å². The first-order valence-corrected chi connectivity index (χ1v) is 12.6. The number of nitrogens with zero attached hydrogens (tertiary/aromatic N) is 5. The predicted octanol–water partition coefficient (Wildman–Crippen LogP) is 4.31. The fourth-order valence-electron chi connectivity index (χ4n) is 5.22. The van der Waals surface area contributed by atoms with Crippen LogP contribution in [0, 0.1) is 0 Å². The van der Waals surface area contributed by atoms with Crippen LogP contribution in [0.15, 0.2) is 54.7 Å². The zero-order valence-electron chi connectivity index (χ0n) is 21.9. The molecule has 0 bridgehead atoms. The third-order valence-corrected chi connectivity index (χ3v) is 7.40. The minimum Gasteiger partial charge on any atom is -0.480 e. The lowest BCUT2D eigenvalue weighted by Gasteiger charge is -2.32. The molecule has 1 saturated heterocycles. The Kier molecular flexibility index (Phi) is 6.84. The maximum atomic E-state index is 12.2. The summed E-state index contributed by atoms with van der Waals surface area (Å²) in [5.74, 6) is 0.993. The predicted molar refractivity (Wildman–Crippen MR) is 147 cm³/mol. The number of hydrogen-bond acceptors (Lipinski definition) is 6. The summed E-state index contributed by atoms with van der Waals surface area (Å²) < 4.78 is 7.51. The molecule has 0 spiro atoms. The van der Waals surface area contributed by atoms with E-state index in [-0.39, 0.29) is 5.91 Å². The Bertz CT molecular complexity index is 1420. The van der Waals surface area contributed by atoms with Crippen LogP contribution in [-0.4, -0.2) is 64.5 Å². The van der Waals surface area contributed by atoms with E-state index in [0.29, 0.717) is 17.5 Å². The number of pyridine rings is 2. The van der Waals surface area contributed by atoms with Crippen LogP contribution in [0.4, 0.5) is 5.69 Å². The average molecular weight is 499 g/mol. The minimum atomic E-state index is 0.0419. The van der Waals surface area contributed by atoms with Crippen molar-refractivity contribution < 1.29 is 9.53 Å². The zero-order chi connectivity index (χ0) is 26.1. The van der Waals surface area contributed by atoms with E-state index in [4.69, 9.17) is 10.5 Å². The molecule has 8 heteroatoms. The highest BCUT2D eigenvalue weighted by atomic mass is 16.5. The summed E-state index contributed by atoms with van der Waals surface area (Å²) in [5.41, 5.74) is 12.5. The number of fused-ring (bicyclic) bond motifs is 1. The van der Waals surface area contributed by atoms with Crippen molar-refractivity contribution in [3.05, 3.63) is 71.5 Å². The van der Waals surface area contributed by atoms with Crippen molar-refractivity contribution in [1.29, 1.82) is 0 Å². The molecule has 2 N–H and O–H groups in total. The van der Waals surface area contributed by atoms with Crippen LogP contribution in [0.2, 0.25) is 0 Å². The first kappa shape index (κ1) is 24.8. The van der Waals surface area contributed by atoms with E-state index in [2.05, 4.69) is 44.7 Å². The summed E-state index contributed by atoms with van der Waals surface area (Å²) in [4.78, 5) is 25.6. The van der Waals surface area contributed by atoms with Crippen LogP contribution in [0.1, 0.15) is 40.4 Å². The molecule has 5 rings (SSSR count).